The number of benzene rings is 2. The van der Waals surface area contributed by atoms with Crippen LogP contribution in [-0.2, 0) is 0 Å². The molecule has 0 nitrogen and oxygen atoms in total. The van der Waals surface area contributed by atoms with Gasteiger partial charge in [0.2, 0.25) is 0 Å². The molecule has 0 amide bonds. The molecule has 4 heteroatoms. The van der Waals surface area contributed by atoms with Gasteiger partial charge in [0.15, 0.2) is 23.3 Å². The standard InChI is InChI=1S/C19H12F4/c1-5-13-16(20)18(22)15(19(23)17(13)21)7-6-14-11(3)8-10(2)9-12(14)4/h1,8-9H,2-4H3. The van der Waals surface area contributed by atoms with Crippen LogP contribution in [0, 0.1) is 68.2 Å². The fourth-order valence-corrected chi connectivity index (χ4v) is 2.37. The van der Waals surface area contributed by atoms with Crippen molar-refractivity contribution in [2.45, 2.75) is 20.8 Å². The number of terminal acetylenes is 1. The third-order valence-electron chi connectivity index (χ3n) is 3.40. The zero-order chi connectivity index (χ0) is 17.3. The predicted molar refractivity (Wildman–Crippen MR) is 80.8 cm³/mol. The average molecular weight is 316 g/mol. The van der Waals surface area contributed by atoms with Gasteiger partial charge >= 0.3 is 0 Å². The van der Waals surface area contributed by atoms with Crippen molar-refractivity contribution in [1.82, 2.24) is 0 Å². The Labute approximate surface area is 132 Å². The van der Waals surface area contributed by atoms with Crippen molar-refractivity contribution >= 4 is 0 Å². The van der Waals surface area contributed by atoms with E-state index in [0.29, 0.717) is 5.56 Å². The van der Waals surface area contributed by atoms with Gasteiger partial charge in [0.1, 0.15) is 11.1 Å². The summed E-state index contributed by atoms with van der Waals surface area (Å²) in [5.74, 6) is -0.0582. The molecule has 0 fully saturated rings. The summed E-state index contributed by atoms with van der Waals surface area (Å²) in [6, 6.07) is 3.71. The van der Waals surface area contributed by atoms with Gasteiger partial charge in [-0.1, -0.05) is 35.5 Å². The fraction of sp³-hybridized carbons (Fsp3) is 0.158. The third-order valence-corrected chi connectivity index (χ3v) is 3.40. The SMILES string of the molecule is C#Cc1c(F)c(F)c(C#Cc2c(C)cc(C)cc2C)c(F)c1F. The maximum Gasteiger partial charge on any atom is 0.178 e. The van der Waals surface area contributed by atoms with Crippen LogP contribution in [0.5, 0.6) is 0 Å². The lowest BCUT2D eigenvalue weighted by molar-refractivity contribution is 0.447. The first-order chi connectivity index (χ1) is 10.8. The average Bonchev–Trinajstić information content (AvgIpc) is 2.48. The molecule has 0 saturated heterocycles. The first-order valence-electron chi connectivity index (χ1n) is 6.70. The topological polar surface area (TPSA) is 0 Å². The van der Waals surface area contributed by atoms with Crippen LogP contribution in [0.25, 0.3) is 0 Å². The molecule has 0 aliphatic heterocycles. The minimum Gasteiger partial charge on any atom is -0.202 e. The Bertz CT molecular complexity index is 854. The van der Waals surface area contributed by atoms with E-state index in [1.165, 1.54) is 0 Å². The molecule has 0 aliphatic carbocycles. The highest BCUT2D eigenvalue weighted by atomic mass is 19.2. The van der Waals surface area contributed by atoms with Crippen molar-refractivity contribution in [3.05, 3.63) is 68.8 Å². The molecule has 2 aromatic carbocycles. The van der Waals surface area contributed by atoms with E-state index in [1.54, 1.807) is 19.8 Å². The van der Waals surface area contributed by atoms with Crippen LogP contribution >= 0.6 is 0 Å². The minimum atomic E-state index is -1.62. The smallest absolute Gasteiger partial charge is 0.178 e. The van der Waals surface area contributed by atoms with E-state index < -0.39 is 34.4 Å². The van der Waals surface area contributed by atoms with Gasteiger partial charge in [-0.15, -0.1) is 6.42 Å². The van der Waals surface area contributed by atoms with Gasteiger partial charge in [-0.25, -0.2) is 17.6 Å². The molecular weight excluding hydrogens is 304 g/mol. The molecule has 0 aliphatic rings. The van der Waals surface area contributed by atoms with Crippen molar-refractivity contribution < 1.29 is 17.6 Å². The van der Waals surface area contributed by atoms with E-state index in [0.717, 1.165) is 16.7 Å². The molecule has 0 N–H and O–H groups in total. The molecule has 23 heavy (non-hydrogen) atoms. The van der Waals surface area contributed by atoms with E-state index >= 15 is 0 Å². The van der Waals surface area contributed by atoms with Gasteiger partial charge in [-0.2, -0.15) is 0 Å². The summed E-state index contributed by atoms with van der Waals surface area (Å²) < 4.78 is 55.1. The van der Waals surface area contributed by atoms with Crippen molar-refractivity contribution in [1.29, 1.82) is 0 Å². The van der Waals surface area contributed by atoms with Crippen LogP contribution in [0.4, 0.5) is 17.6 Å². The fourth-order valence-electron chi connectivity index (χ4n) is 2.37. The molecular formula is C19H12F4. The second-order valence-electron chi connectivity index (χ2n) is 5.17. The Morgan fingerprint density at radius 1 is 0.696 bits per heavy atom. The van der Waals surface area contributed by atoms with Crippen molar-refractivity contribution in [2.75, 3.05) is 0 Å². The molecule has 0 radical (unpaired) electrons. The molecule has 2 rings (SSSR count). The zero-order valence-corrected chi connectivity index (χ0v) is 12.7. The lowest BCUT2D eigenvalue weighted by atomic mass is 9.99. The van der Waals surface area contributed by atoms with Crippen molar-refractivity contribution in [3.63, 3.8) is 0 Å². The Morgan fingerprint density at radius 3 is 1.52 bits per heavy atom. The van der Waals surface area contributed by atoms with E-state index in [1.807, 2.05) is 19.1 Å². The Balaban J connectivity index is 2.67. The Hall–Kier alpha value is -2.72. The summed E-state index contributed by atoms with van der Waals surface area (Å²) in [5.41, 5.74) is 1.12. The summed E-state index contributed by atoms with van der Waals surface area (Å²) in [6.07, 6.45) is 4.86. The van der Waals surface area contributed by atoms with Crippen LogP contribution < -0.4 is 0 Å². The lowest BCUT2D eigenvalue weighted by Gasteiger charge is -2.06. The highest BCUT2D eigenvalue weighted by molar-refractivity contribution is 5.53. The van der Waals surface area contributed by atoms with E-state index in [4.69, 9.17) is 6.42 Å². The molecule has 0 atom stereocenters. The van der Waals surface area contributed by atoms with Gasteiger partial charge in [0.05, 0.1) is 0 Å². The highest BCUT2D eigenvalue weighted by Crippen LogP contribution is 2.23. The van der Waals surface area contributed by atoms with Gasteiger partial charge in [-0.05, 0) is 31.9 Å². The first-order valence-corrected chi connectivity index (χ1v) is 6.70. The Kier molecular flexibility index (Phi) is 4.48. The molecule has 0 bridgehead atoms. The number of hydrogen-bond acceptors (Lipinski definition) is 0. The summed E-state index contributed by atoms with van der Waals surface area (Å²) in [4.78, 5) is 0. The maximum absolute atomic E-state index is 13.9. The number of aryl methyl sites for hydroxylation is 3. The maximum atomic E-state index is 13.9. The van der Waals surface area contributed by atoms with Gasteiger partial charge in [-0.3, -0.25) is 0 Å². The zero-order valence-electron chi connectivity index (χ0n) is 12.7. The third kappa shape index (κ3) is 2.94. The monoisotopic (exact) mass is 316 g/mol. The van der Waals surface area contributed by atoms with Gasteiger partial charge in [0.25, 0.3) is 0 Å². The van der Waals surface area contributed by atoms with E-state index in [2.05, 4.69) is 11.8 Å². The van der Waals surface area contributed by atoms with E-state index in [-0.39, 0.29) is 0 Å². The largest absolute Gasteiger partial charge is 0.202 e. The van der Waals surface area contributed by atoms with E-state index in [9.17, 15) is 17.6 Å². The Morgan fingerprint density at radius 2 is 1.09 bits per heavy atom. The molecule has 0 heterocycles. The summed E-state index contributed by atoms with van der Waals surface area (Å²) in [7, 11) is 0. The number of halogens is 4. The van der Waals surface area contributed by atoms with Gasteiger partial charge < -0.3 is 0 Å². The summed E-state index contributed by atoms with van der Waals surface area (Å²) in [6.45, 7) is 5.48. The predicted octanol–water partition coefficient (Wildman–Crippen LogP) is 4.55. The number of rotatable bonds is 0. The molecule has 0 unspecified atom stereocenters. The van der Waals surface area contributed by atoms with Crippen molar-refractivity contribution in [3.8, 4) is 24.2 Å². The summed E-state index contributed by atoms with van der Waals surface area (Å²) >= 11 is 0. The molecule has 0 saturated carbocycles. The molecule has 0 spiro atoms. The van der Waals surface area contributed by atoms with Gasteiger partial charge in [0, 0.05) is 5.56 Å². The van der Waals surface area contributed by atoms with Crippen LogP contribution in [0.3, 0.4) is 0 Å². The lowest BCUT2D eigenvalue weighted by Crippen LogP contribution is -2.04. The number of hydrogen-bond donors (Lipinski definition) is 0. The van der Waals surface area contributed by atoms with Crippen LogP contribution in [0.2, 0.25) is 0 Å². The normalized spacial score (nSPS) is 10.0. The molecule has 2 aromatic rings. The van der Waals surface area contributed by atoms with Crippen LogP contribution in [-0.4, -0.2) is 0 Å². The molecule has 0 aromatic heterocycles. The highest BCUT2D eigenvalue weighted by Gasteiger charge is 2.23. The summed E-state index contributed by atoms with van der Waals surface area (Å²) in [5, 5.41) is 0. The first kappa shape index (κ1) is 16.6. The van der Waals surface area contributed by atoms with Crippen LogP contribution in [0.15, 0.2) is 12.1 Å². The molecule has 116 valence electrons. The quantitative estimate of drug-likeness (QED) is 0.380. The van der Waals surface area contributed by atoms with Crippen molar-refractivity contribution in [2.24, 2.45) is 0 Å². The second-order valence-corrected chi connectivity index (χ2v) is 5.17. The second kappa shape index (κ2) is 6.18. The minimum absolute atomic E-state index is 0.552. The van der Waals surface area contributed by atoms with Crippen LogP contribution in [0.1, 0.15) is 33.4 Å².